The molecule has 0 aliphatic heterocycles. The van der Waals surface area contributed by atoms with E-state index in [-0.39, 0.29) is 6.07 Å². The lowest BCUT2D eigenvalue weighted by Gasteiger charge is -2.17. The van der Waals surface area contributed by atoms with Gasteiger partial charge in [0.05, 0.1) is 0 Å². The maximum Gasteiger partial charge on any atom is 0.443 e. The van der Waals surface area contributed by atoms with E-state index in [0.717, 1.165) is 0 Å². The molecule has 0 aliphatic rings. The van der Waals surface area contributed by atoms with Gasteiger partial charge in [0.1, 0.15) is 12.1 Å². The van der Waals surface area contributed by atoms with Crippen LogP contribution in [0.1, 0.15) is 0 Å². The molecule has 0 aliphatic carbocycles. The van der Waals surface area contributed by atoms with Gasteiger partial charge < -0.3 is 0 Å². The van der Waals surface area contributed by atoms with E-state index in [9.17, 15) is 26.3 Å². The molecule has 76 valence electrons. The van der Waals surface area contributed by atoms with E-state index in [1.165, 1.54) is 0 Å². The van der Waals surface area contributed by atoms with Crippen molar-refractivity contribution in [3.63, 3.8) is 0 Å². The fraction of sp³-hybridized carbons (Fsp3) is 0.333. The molecule has 0 bridgehead atoms. The highest BCUT2D eigenvalue weighted by molar-refractivity contribution is 5.32. The molecule has 0 aromatic heterocycles. The summed E-state index contributed by atoms with van der Waals surface area (Å²) in [6.07, 6.45) is -5.94. The summed E-state index contributed by atoms with van der Waals surface area (Å²) in [4.78, 5) is 0. The van der Waals surface area contributed by atoms with Crippen molar-refractivity contribution >= 4 is 0 Å². The lowest BCUT2D eigenvalue weighted by Crippen LogP contribution is -2.40. The third kappa shape index (κ3) is 1.79. The Morgan fingerprint density at radius 3 is 1.64 bits per heavy atom. The zero-order valence-electron chi connectivity index (χ0n) is 6.16. The average Bonchev–Trinajstić information content (AvgIpc) is 2.12. The molecule has 0 rings (SSSR count). The van der Waals surface area contributed by atoms with Gasteiger partial charge in [0, 0.05) is 0 Å². The normalized spacial score (nSPS) is 17.4. The fourth-order valence-electron chi connectivity index (χ4n) is 0.437. The minimum atomic E-state index is -5.94. The SMILES string of the molecule is N#C/C(F)=C(\F)C(F)(C#N)C(F)(F)F. The molecule has 0 amide bonds. The van der Waals surface area contributed by atoms with Gasteiger partial charge >= 0.3 is 11.8 Å². The summed E-state index contributed by atoms with van der Waals surface area (Å²) < 4.78 is 72.0. The van der Waals surface area contributed by atoms with E-state index in [4.69, 9.17) is 10.5 Å². The van der Waals surface area contributed by atoms with Crippen LogP contribution in [-0.2, 0) is 0 Å². The first-order valence-electron chi connectivity index (χ1n) is 2.83. The van der Waals surface area contributed by atoms with Crippen LogP contribution in [0.25, 0.3) is 0 Å². The Morgan fingerprint density at radius 2 is 1.43 bits per heavy atom. The van der Waals surface area contributed by atoms with Crippen LogP contribution in [0.3, 0.4) is 0 Å². The van der Waals surface area contributed by atoms with Gasteiger partial charge in [-0.05, 0) is 0 Å². The summed E-state index contributed by atoms with van der Waals surface area (Å²) in [5.41, 5.74) is -5.12. The van der Waals surface area contributed by atoms with Crippen molar-refractivity contribution in [1.29, 1.82) is 10.5 Å². The van der Waals surface area contributed by atoms with Gasteiger partial charge in [-0.15, -0.1) is 0 Å². The number of alkyl halides is 4. The first kappa shape index (κ1) is 12.3. The molecule has 0 heterocycles. The van der Waals surface area contributed by atoms with Crippen molar-refractivity contribution < 1.29 is 26.3 Å². The summed E-state index contributed by atoms with van der Waals surface area (Å²) in [5.74, 6) is -5.71. The van der Waals surface area contributed by atoms with Gasteiger partial charge in [-0.3, -0.25) is 0 Å². The van der Waals surface area contributed by atoms with Crippen LogP contribution < -0.4 is 0 Å². The summed E-state index contributed by atoms with van der Waals surface area (Å²) >= 11 is 0. The fourth-order valence-corrected chi connectivity index (χ4v) is 0.437. The molecule has 0 aromatic rings. The molecule has 8 heteroatoms. The Morgan fingerprint density at radius 1 is 1.00 bits per heavy atom. The van der Waals surface area contributed by atoms with Crippen LogP contribution in [0.5, 0.6) is 0 Å². The molecule has 0 N–H and O–H groups in total. The monoisotopic (exact) mass is 214 g/mol. The van der Waals surface area contributed by atoms with Gasteiger partial charge in [0.25, 0.3) is 0 Å². The molecule has 14 heavy (non-hydrogen) atoms. The van der Waals surface area contributed by atoms with Crippen molar-refractivity contribution in [3.8, 4) is 12.1 Å². The molecule has 0 saturated heterocycles. The predicted molar refractivity (Wildman–Crippen MR) is 30.4 cm³/mol. The van der Waals surface area contributed by atoms with Crippen molar-refractivity contribution in [3.05, 3.63) is 11.7 Å². The summed E-state index contributed by atoms with van der Waals surface area (Å²) in [6, 6.07) is 0.241. The second kappa shape index (κ2) is 3.58. The number of hydrogen-bond donors (Lipinski definition) is 0. The highest BCUT2D eigenvalue weighted by atomic mass is 19.4. The van der Waals surface area contributed by atoms with Crippen LogP contribution >= 0.6 is 0 Å². The minimum absolute atomic E-state index is 0.0823. The summed E-state index contributed by atoms with van der Waals surface area (Å²) in [6.45, 7) is 0. The first-order chi connectivity index (χ1) is 6.20. The Bertz CT molecular complexity index is 343. The van der Waals surface area contributed by atoms with Crippen molar-refractivity contribution in [1.82, 2.24) is 0 Å². The number of halogens is 6. The third-order valence-electron chi connectivity index (χ3n) is 1.14. The topological polar surface area (TPSA) is 47.6 Å². The number of hydrogen-bond acceptors (Lipinski definition) is 2. The lowest BCUT2D eigenvalue weighted by molar-refractivity contribution is -0.201. The van der Waals surface area contributed by atoms with E-state index >= 15 is 0 Å². The molecular formula is C6F6N2. The van der Waals surface area contributed by atoms with Crippen LogP contribution in [-0.4, -0.2) is 11.8 Å². The molecule has 0 radical (unpaired) electrons. The van der Waals surface area contributed by atoms with Crippen LogP contribution in [0.4, 0.5) is 26.3 Å². The summed E-state index contributed by atoms with van der Waals surface area (Å²) in [7, 11) is 0. The second-order valence-electron chi connectivity index (χ2n) is 2.01. The zero-order chi connectivity index (χ0) is 11.6. The Balaban J connectivity index is 5.57. The molecule has 0 saturated carbocycles. The maximum atomic E-state index is 12.5. The van der Waals surface area contributed by atoms with Crippen LogP contribution in [0.15, 0.2) is 11.7 Å². The molecule has 1 atom stereocenters. The Kier molecular flexibility index (Phi) is 3.15. The van der Waals surface area contributed by atoms with Crippen LogP contribution in [0.2, 0.25) is 0 Å². The highest BCUT2D eigenvalue weighted by Crippen LogP contribution is 2.41. The van der Waals surface area contributed by atoms with Gasteiger partial charge in [-0.1, -0.05) is 0 Å². The maximum absolute atomic E-state index is 12.5. The minimum Gasteiger partial charge on any atom is -0.209 e. The van der Waals surface area contributed by atoms with E-state index in [2.05, 4.69) is 0 Å². The van der Waals surface area contributed by atoms with Gasteiger partial charge in [0.2, 0.25) is 11.7 Å². The van der Waals surface area contributed by atoms with Crippen molar-refractivity contribution in [2.45, 2.75) is 11.8 Å². The zero-order valence-corrected chi connectivity index (χ0v) is 6.16. The second-order valence-corrected chi connectivity index (χ2v) is 2.01. The third-order valence-corrected chi connectivity index (χ3v) is 1.14. The van der Waals surface area contributed by atoms with E-state index in [0.29, 0.717) is 6.07 Å². The molecule has 0 spiro atoms. The average molecular weight is 214 g/mol. The van der Waals surface area contributed by atoms with Crippen molar-refractivity contribution in [2.24, 2.45) is 0 Å². The van der Waals surface area contributed by atoms with E-state index in [1.807, 2.05) is 0 Å². The van der Waals surface area contributed by atoms with E-state index < -0.39 is 23.5 Å². The number of nitriles is 2. The van der Waals surface area contributed by atoms with Crippen LogP contribution in [0, 0.1) is 22.7 Å². The molecule has 0 fully saturated rings. The molecular weight excluding hydrogens is 214 g/mol. The Hall–Kier alpha value is -1.70. The Labute approximate surface area is 73.7 Å². The van der Waals surface area contributed by atoms with Gasteiger partial charge in [-0.2, -0.15) is 28.1 Å². The van der Waals surface area contributed by atoms with E-state index in [1.54, 1.807) is 0 Å². The van der Waals surface area contributed by atoms with Gasteiger partial charge in [-0.25, -0.2) is 8.78 Å². The molecule has 1 unspecified atom stereocenters. The molecule has 2 nitrogen and oxygen atoms in total. The number of nitrogens with zero attached hydrogens (tertiary/aromatic N) is 2. The molecule has 0 aromatic carbocycles. The quantitative estimate of drug-likeness (QED) is 0.497. The largest absolute Gasteiger partial charge is 0.443 e. The smallest absolute Gasteiger partial charge is 0.209 e. The summed E-state index contributed by atoms with van der Waals surface area (Å²) in [5, 5.41) is 15.4. The van der Waals surface area contributed by atoms with Gasteiger partial charge in [0.15, 0.2) is 0 Å². The lowest BCUT2D eigenvalue weighted by atomic mass is 10.1. The van der Waals surface area contributed by atoms with Crippen molar-refractivity contribution in [2.75, 3.05) is 0 Å². The highest BCUT2D eigenvalue weighted by Gasteiger charge is 2.62. The first-order valence-corrected chi connectivity index (χ1v) is 2.83. The number of allylic oxidation sites excluding steroid dienone is 2. The number of rotatable bonds is 1. The standard InChI is InChI=1S/C6F6N2/c7-3(1-13)4(8)5(9,2-14)6(10,11)12/b4-3+. The predicted octanol–water partition coefficient (Wildman–Crippen LogP) is 2.45.